The predicted molar refractivity (Wildman–Crippen MR) is 82.5 cm³/mol. The zero-order chi connectivity index (χ0) is 15.6. The third kappa shape index (κ3) is 2.48. The van der Waals surface area contributed by atoms with E-state index in [1.807, 2.05) is 36.4 Å². The fraction of sp³-hybridized carbons (Fsp3) is 0.222. The molecule has 0 aromatic heterocycles. The minimum atomic E-state index is -0.955. The first-order chi connectivity index (χ1) is 10.7. The predicted octanol–water partition coefficient (Wildman–Crippen LogP) is 2.52. The van der Waals surface area contributed by atoms with Gasteiger partial charge in [0, 0.05) is 11.5 Å². The van der Waals surface area contributed by atoms with Gasteiger partial charge in [-0.15, -0.1) is 0 Å². The van der Waals surface area contributed by atoms with Crippen molar-refractivity contribution < 1.29 is 14.3 Å². The molecule has 0 bridgehead atoms. The molecule has 0 radical (unpaired) electrons. The van der Waals surface area contributed by atoms with Crippen molar-refractivity contribution in [1.82, 2.24) is 5.32 Å². The van der Waals surface area contributed by atoms with Gasteiger partial charge in [0.05, 0.1) is 7.11 Å². The van der Waals surface area contributed by atoms with Gasteiger partial charge in [-0.3, -0.25) is 4.79 Å². The molecule has 0 unspecified atom stereocenters. The molecule has 22 heavy (non-hydrogen) atoms. The van der Waals surface area contributed by atoms with Crippen LogP contribution in [0.3, 0.4) is 0 Å². The fourth-order valence-electron chi connectivity index (χ4n) is 2.81. The molecule has 1 aliphatic carbocycles. The highest BCUT2D eigenvalue weighted by molar-refractivity contribution is 6.00. The van der Waals surface area contributed by atoms with Gasteiger partial charge in [0.2, 0.25) is 0 Å². The molecule has 4 heteroatoms. The highest BCUT2D eigenvalue weighted by Gasteiger charge is 2.62. The standard InChI is InChI=1S/C18H17NO3/c1-22-17(21)18(12-15(18)13-8-4-2-5-9-13)19-16(20)14-10-6-3-7-11-14/h2-11,15H,12H2,1H3,(H,19,20)/t15-,18-/m0/s1. The monoisotopic (exact) mass is 295 g/mol. The summed E-state index contributed by atoms with van der Waals surface area (Å²) in [5.41, 5.74) is 0.606. The molecular weight excluding hydrogens is 278 g/mol. The molecule has 0 heterocycles. The average Bonchev–Trinajstić information content (AvgIpc) is 3.31. The van der Waals surface area contributed by atoms with Crippen LogP contribution in [0.1, 0.15) is 28.3 Å². The van der Waals surface area contributed by atoms with Crippen LogP contribution in [0.4, 0.5) is 0 Å². The van der Waals surface area contributed by atoms with E-state index in [1.165, 1.54) is 7.11 Å². The molecule has 0 aliphatic heterocycles. The lowest BCUT2D eigenvalue weighted by Crippen LogP contribution is -2.45. The number of hydrogen-bond donors (Lipinski definition) is 1. The number of ether oxygens (including phenoxy) is 1. The first-order valence-electron chi connectivity index (χ1n) is 7.18. The molecule has 112 valence electrons. The van der Waals surface area contributed by atoms with Crippen molar-refractivity contribution in [2.24, 2.45) is 0 Å². The van der Waals surface area contributed by atoms with Gasteiger partial charge >= 0.3 is 5.97 Å². The zero-order valence-electron chi connectivity index (χ0n) is 12.3. The maximum absolute atomic E-state index is 12.4. The van der Waals surface area contributed by atoms with Gasteiger partial charge < -0.3 is 10.1 Å². The largest absolute Gasteiger partial charge is 0.467 e. The summed E-state index contributed by atoms with van der Waals surface area (Å²) in [6, 6.07) is 18.6. The summed E-state index contributed by atoms with van der Waals surface area (Å²) in [4.78, 5) is 24.6. The van der Waals surface area contributed by atoms with E-state index >= 15 is 0 Å². The highest BCUT2D eigenvalue weighted by atomic mass is 16.5. The van der Waals surface area contributed by atoms with Crippen LogP contribution in [-0.4, -0.2) is 24.5 Å². The molecule has 2 aromatic rings. The Morgan fingerprint density at radius 2 is 1.64 bits per heavy atom. The number of esters is 1. The van der Waals surface area contributed by atoms with Crippen LogP contribution in [-0.2, 0) is 9.53 Å². The third-order valence-electron chi connectivity index (χ3n) is 4.08. The first-order valence-corrected chi connectivity index (χ1v) is 7.18. The van der Waals surface area contributed by atoms with Crippen molar-refractivity contribution >= 4 is 11.9 Å². The second kappa shape index (κ2) is 5.64. The Kier molecular flexibility index (Phi) is 3.67. The van der Waals surface area contributed by atoms with Gasteiger partial charge in [0.25, 0.3) is 5.91 Å². The molecule has 1 saturated carbocycles. The first kappa shape index (κ1) is 14.3. The molecule has 3 rings (SSSR count). The van der Waals surface area contributed by atoms with Gasteiger partial charge in [-0.05, 0) is 24.1 Å². The molecule has 2 atom stereocenters. The number of amides is 1. The van der Waals surface area contributed by atoms with Gasteiger partial charge in [-0.25, -0.2) is 4.79 Å². The molecule has 1 fully saturated rings. The Morgan fingerprint density at radius 1 is 1.05 bits per heavy atom. The maximum Gasteiger partial charge on any atom is 0.332 e. The lowest BCUT2D eigenvalue weighted by molar-refractivity contribution is -0.144. The zero-order valence-corrected chi connectivity index (χ0v) is 12.3. The summed E-state index contributed by atoms with van der Waals surface area (Å²) in [5, 5.41) is 2.87. The number of nitrogens with one attached hydrogen (secondary N) is 1. The van der Waals surface area contributed by atoms with E-state index in [0.29, 0.717) is 12.0 Å². The molecule has 1 N–H and O–H groups in total. The Labute approximate surface area is 129 Å². The van der Waals surface area contributed by atoms with Gasteiger partial charge in [-0.1, -0.05) is 48.5 Å². The lowest BCUT2D eigenvalue weighted by atomic mass is 10.1. The van der Waals surface area contributed by atoms with Crippen LogP contribution in [0.25, 0.3) is 0 Å². The number of methoxy groups -OCH3 is 1. The molecule has 0 saturated heterocycles. The van der Waals surface area contributed by atoms with E-state index in [2.05, 4.69) is 5.32 Å². The lowest BCUT2D eigenvalue weighted by Gasteiger charge is -2.17. The molecule has 1 amide bonds. The summed E-state index contributed by atoms with van der Waals surface area (Å²) < 4.78 is 4.91. The molecule has 4 nitrogen and oxygen atoms in total. The Morgan fingerprint density at radius 3 is 2.23 bits per heavy atom. The number of benzene rings is 2. The minimum Gasteiger partial charge on any atom is -0.467 e. The second-order valence-electron chi connectivity index (χ2n) is 5.45. The van der Waals surface area contributed by atoms with Gasteiger partial charge in [0.15, 0.2) is 0 Å². The summed E-state index contributed by atoms with van der Waals surface area (Å²) in [6.45, 7) is 0. The third-order valence-corrected chi connectivity index (χ3v) is 4.08. The molecular formula is C18H17NO3. The van der Waals surface area contributed by atoms with Gasteiger partial charge in [0.1, 0.15) is 5.54 Å². The van der Waals surface area contributed by atoms with Crippen LogP contribution < -0.4 is 5.32 Å². The van der Waals surface area contributed by atoms with Crippen LogP contribution in [0.5, 0.6) is 0 Å². The van der Waals surface area contributed by atoms with E-state index in [-0.39, 0.29) is 11.8 Å². The van der Waals surface area contributed by atoms with Crippen LogP contribution >= 0.6 is 0 Å². The SMILES string of the molecule is COC(=O)[C@]1(NC(=O)c2ccccc2)C[C@H]1c1ccccc1. The number of rotatable bonds is 4. The van der Waals surface area contributed by atoms with Crippen molar-refractivity contribution in [1.29, 1.82) is 0 Å². The van der Waals surface area contributed by atoms with Crippen LogP contribution in [0.2, 0.25) is 0 Å². The fourth-order valence-corrected chi connectivity index (χ4v) is 2.81. The summed E-state index contributed by atoms with van der Waals surface area (Å²) >= 11 is 0. The summed E-state index contributed by atoms with van der Waals surface area (Å²) in [7, 11) is 1.35. The number of carbonyl (C=O) groups is 2. The van der Waals surface area contributed by atoms with Crippen molar-refractivity contribution in [3.8, 4) is 0 Å². The number of hydrogen-bond acceptors (Lipinski definition) is 3. The maximum atomic E-state index is 12.4. The smallest absolute Gasteiger partial charge is 0.332 e. The molecule has 0 spiro atoms. The average molecular weight is 295 g/mol. The van der Waals surface area contributed by atoms with Crippen molar-refractivity contribution in [2.45, 2.75) is 17.9 Å². The number of carbonyl (C=O) groups excluding carboxylic acids is 2. The molecule has 1 aliphatic rings. The summed E-state index contributed by atoms with van der Waals surface area (Å²) in [6.07, 6.45) is 0.558. The van der Waals surface area contributed by atoms with E-state index in [9.17, 15) is 9.59 Å². The van der Waals surface area contributed by atoms with Crippen molar-refractivity contribution in [2.75, 3.05) is 7.11 Å². The van der Waals surface area contributed by atoms with Gasteiger partial charge in [-0.2, -0.15) is 0 Å². The quantitative estimate of drug-likeness (QED) is 0.882. The van der Waals surface area contributed by atoms with Crippen molar-refractivity contribution in [3.63, 3.8) is 0 Å². The Balaban J connectivity index is 1.84. The van der Waals surface area contributed by atoms with E-state index in [0.717, 1.165) is 5.56 Å². The van der Waals surface area contributed by atoms with E-state index in [4.69, 9.17) is 4.74 Å². The highest BCUT2D eigenvalue weighted by Crippen LogP contribution is 2.52. The molecule has 2 aromatic carbocycles. The topological polar surface area (TPSA) is 55.4 Å². The van der Waals surface area contributed by atoms with Crippen LogP contribution in [0.15, 0.2) is 60.7 Å². The summed E-state index contributed by atoms with van der Waals surface area (Å²) in [5.74, 6) is -0.705. The van der Waals surface area contributed by atoms with Crippen LogP contribution in [0, 0.1) is 0 Å². The Hall–Kier alpha value is -2.62. The van der Waals surface area contributed by atoms with E-state index < -0.39 is 11.5 Å². The second-order valence-corrected chi connectivity index (χ2v) is 5.45. The Bertz CT molecular complexity index is 684. The van der Waals surface area contributed by atoms with Crippen molar-refractivity contribution in [3.05, 3.63) is 71.8 Å². The minimum absolute atomic E-state index is 0.0474. The normalized spacial score (nSPS) is 22.7. The van der Waals surface area contributed by atoms with E-state index in [1.54, 1.807) is 24.3 Å².